The number of carbonyl (C=O) groups is 1. The second-order valence-electron chi connectivity index (χ2n) is 4.13. The van der Waals surface area contributed by atoms with Crippen LogP contribution >= 0.6 is 11.6 Å². The Labute approximate surface area is 111 Å². The molecule has 0 atom stereocenters. The zero-order valence-electron chi connectivity index (χ0n) is 9.97. The molecule has 1 saturated heterocycles. The van der Waals surface area contributed by atoms with Crippen molar-refractivity contribution in [3.63, 3.8) is 0 Å². The van der Waals surface area contributed by atoms with Crippen molar-refractivity contribution in [1.29, 1.82) is 5.26 Å². The topological polar surface area (TPSA) is 47.3 Å². The standard InChI is InChI=1S/C13H14ClN3O/c14-9-13(18)17-7-5-16(6-8-17)12-4-2-1-3-11(12)10-15/h1-4H,5-9H2. The summed E-state index contributed by atoms with van der Waals surface area (Å²) < 4.78 is 0. The largest absolute Gasteiger partial charge is 0.367 e. The van der Waals surface area contributed by atoms with Gasteiger partial charge in [0.15, 0.2) is 0 Å². The Hall–Kier alpha value is -1.73. The lowest BCUT2D eigenvalue weighted by atomic mass is 10.1. The van der Waals surface area contributed by atoms with Gasteiger partial charge >= 0.3 is 0 Å². The Morgan fingerprint density at radius 2 is 1.94 bits per heavy atom. The van der Waals surface area contributed by atoms with E-state index in [1.807, 2.05) is 24.3 Å². The first-order valence-corrected chi connectivity index (χ1v) is 6.37. The smallest absolute Gasteiger partial charge is 0.237 e. The molecule has 1 aromatic rings. The molecule has 0 radical (unpaired) electrons. The van der Waals surface area contributed by atoms with E-state index in [1.165, 1.54) is 0 Å². The summed E-state index contributed by atoms with van der Waals surface area (Å²) in [6, 6.07) is 9.73. The lowest BCUT2D eigenvalue weighted by Gasteiger charge is -2.36. The van der Waals surface area contributed by atoms with E-state index in [0.717, 1.165) is 18.8 Å². The Morgan fingerprint density at radius 3 is 2.56 bits per heavy atom. The van der Waals surface area contributed by atoms with Crippen molar-refractivity contribution < 1.29 is 4.79 Å². The quantitative estimate of drug-likeness (QED) is 0.759. The Morgan fingerprint density at radius 1 is 1.28 bits per heavy atom. The number of alkyl halides is 1. The van der Waals surface area contributed by atoms with Crippen molar-refractivity contribution in [2.75, 3.05) is 37.0 Å². The van der Waals surface area contributed by atoms with Gasteiger partial charge in [-0.25, -0.2) is 0 Å². The molecule has 1 amide bonds. The van der Waals surface area contributed by atoms with Gasteiger partial charge in [0, 0.05) is 26.2 Å². The normalized spacial score (nSPS) is 15.3. The summed E-state index contributed by atoms with van der Waals surface area (Å²) in [7, 11) is 0. The zero-order valence-corrected chi connectivity index (χ0v) is 10.7. The molecule has 0 spiro atoms. The summed E-state index contributed by atoms with van der Waals surface area (Å²) in [5, 5.41) is 9.07. The minimum atomic E-state index is -0.0233. The first-order valence-electron chi connectivity index (χ1n) is 5.84. The number of nitriles is 1. The highest BCUT2D eigenvalue weighted by atomic mass is 35.5. The summed E-state index contributed by atoms with van der Waals surface area (Å²) in [6.45, 7) is 2.79. The number of benzene rings is 1. The first-order chi connectivity index (χ1) is 8.76. The van der Waals surface area contributed by atoms with Crippen LogP contribution in [0.15, 0.2) is 24.3 Å². The second kappa shape index (κ2) is 5.74. The predicted octanol–water partition coefficient (Wildman–Crippen LogP) is 1.45. The van der Waals surface area contributed by atoms with E-state index >= 15 is 0 Å². The van der Waals surface area contributed by atoms with Gasteiger partial charge in [-0.3, -0.25) is 4.79 Å². The molecule has 0 unspecified atom stereocenters. The van der Waals surface area contributed by atoms with Gasteiger partial charge in [-0.2, -0.15) is 5.26 Å². The van der Waals surface area contributed by atoms with Crippen molar-refractivity contribution >= 4 is 23.2 Å². The van der Waals surface area contributed by atoms with Crippen LogP contribution in [0.5, 0.6) is 0 Å². The third-order valence-electron chi connectivity index (χ3n) is 3.11. The molecule has 1 heterocycles. The van der Waals surface area contributed by atoms with E-state index < -0.39 is 0 Å². The number of carbonyl (C=O) groups excluding carboxylic acids is 1. The molecular weight excluding hydrogens is 250 g/mol. The minimum Gasteiger partial charge on any atom is -0.367 e. The highest BCUT2D eigenvalue weighted by molar-refractivity contribution is 6.27. The van der Waals surface area contributed by atoms with Crippen LogP contribution in [0.1, 0.15) is 5.56 Å². The number of rotatable bonds is 2. The number of piperazine rings is 1. The van der Waals surface area contributed by atoms with Crippen LogP contribution in [0.25, 0.3) is 0 Å². The maximum Gasteiger partial charge on any atom is 0.237 e. The van der Waals surface area contributed by atoms with Crippen LogP contribution in [0.4, 0.5) is 5.69 Å². The summed E-state index contributed by atoms with van der Waals surface area (Å²) in [5.41, 5.74) is 1.62. The van der Waals surface area contributed by atoms with Crippen LogP contribution < -0.4 is 4.90 Å². The maximum absolute atomic E-state index is 11.5. The molecule has 1 aliphatic heterocycles. The number of amides is 1. The molecule has 1 fully saturated rings. The van der Waals surface area contributed by atoms with Crippen molar-refractivity contribution in [3.05, 3.63) is 29.8 Å². The summed E-state index contributed by atoms with van der Waals surface area (Å²) in [4.78, 5) is 15.4. The van der Waals surface area contributed by atoms with Gasteiger partial charge in [-0.15, -0.1) is 11.6 Å². The molecule has 94 valence electrons. The maximum atomic E-state index is 11.5. The first kappa shape index (κ1) is 12.7. The van der Waals surface area contributed by atoms with Gasteiger partial charge < -0.3 is 9.80 Å². The molecule has 18 heavy (non-hydrogen) atoms. The Kier molecular flexibility index (Phi) is 4.06. The monoisotopic (exact) mass is 263 g/mol. The van der Waals surface area contributed by atoms with Gasteiger partial charge in [0.2, 0.25) is 5.91 Å². The number of hydrogen-bond acceptors (Lipinski definition) is 3. The van der Waals surface area contributed by atoms with E-state index in [9.17, 15) is 4.79 Å². The molecular formula is C13H14ClN3O. The highest BCUT2D eigenvalue weighted by Crippen LogP contribution is 2.20. The van der Waals surface area contributed by atoms with E-state index in [4.69, 9.17) is 16.9 Å². The summed E-state index contributed by atoms with van der Waals surface area (Å²) in [5.74, 6) is 0.0132. The van der Waals surface area contributed by atoms with E-state index in [1.54, 1.807) is 4.90 Å². The number of hydrogen-bond donors (Lipinski definition) is 0. The number of nitrogens with zero attached hydrogens (tertiary/aromatic N) is 3. The Balaban J connectivity index is 2.06. The molecule has 1 aromatic carbocycles. The van der Waals surface area contributed by atoms with Crippen LogP contribution in [0.2, 0.25) is 0 Å². The number of para-hydroxylation sites is 1. The molecule has 4 nitrogen and oxygen atoms in total. The zero-order chi connectivity index (χ0) is 13.0. The fraction of sp³-hybridized carbons (Fsp3) is 0.385. The Bertz CT molecular complexity index is 475. The lowest BCUT2D eigenvalue weighted by Crippen LogP contribution is -2.49. The lowest BCUT2D eigenvalue weighted by molar-refractivity contribution is -0.128. The molecule has 1 aliphatic rings. The van der Waals surface area contributed by atoms with E-state index in [-0.39, 0.29) is 11.8 Å². The summed E-state index contributed by atoms with van der Waals surface area (Å²) >= 11 is 5.54. The van der Waals surface area contributed by atoms with Gasteiger partial charge in [-0.1, -0.05) is 12.1 Å². The predicted molar refractivity (Wildman–Crippen MR) is 70.7 cm³/mol. The number of halogens is 1. The van der Waals surface area contributed by atoms with Crippen molar-refractivity contribution in [2.45, 2.75) is 0 Å². The average molecular weight is 264 g/mol. The second-order valence-corrected chi connectivity index (χ2v) is 4.40. The van der Waals surface area contributed by atoms with Crippen molar-refractivity contribution in [2.24, 2.45) is 0 Å². The molecule has 0 aliphatic carbocycles. The van der Waals surface area contributed by atoms with Crippen LogP contribution in [-0.2, 0) is 4.79 Å². The van der Waals surface area contributed by atoms with Crippen molar-refractivity contribution in [3.8, 4) is 6.07 Å². The molecule has 0 N–H and O–H groups in total. The van der Waals surface area contributed by atoms with Gasteiger partial charge in [0.1, 0.15) is 11.9 Å². The summed E-state index contributed by atoms with van der Waals surface area (Å²) in [6.07, 6.45) is 0. The van der Waals surface area contributed by atoms with Crippen LogP contribution in [0.3, 0.4) is 0 Å². The van der Waals surface area contributed by atoms with Gasteiger partial charge in [0.25, 0.3) is 0 Å². The van der Waals surface area contributed by atoms with Crippen LogP contribution in [0, 0.1) is 11.3 Å². The molecule has 0 aromatic heterocycles. The third kappa shape index (κ3) is 2.57. The van der Waals surface area contributed by atoms with Gasteiger partial charge in [-0.05, 0) is 12.1 Å². The molecule has 2 rings (SSSR count). The highest BCUT2D eigenvalue weighted by Gasteiger charge is 2.21. The van der Waals surface area contributed by atoms with Gasteiger partial charge in [0.05, 0.1) is 11.3 Å². The van der Waals surface area contributed by atoms with E-state index in [2.05, 4.69) is 11.0 Å². The molecule has 5 heteroatoms. The fourth-order valence-corrected chi connectivity index (χ4v) is 2.29. The fourth-order valence-electron chi connectivity index (χ4n) is 2.13. The van der Waals surface area contributed by atoms with Crippen molar-refractivity contribution in [1.82, 2.24) is 4.90 Å². The van der Waals surface area contributed by atoms with E-state index in [0.29, 0.717) is 18.7 Å². The third-order valence-corrected chi connectivity index (χ3v) is 3.34. The average Bonchev–Trinajstić information content (AvgIpc) is 2.46. The van der Waals surface area contributed by atoms with Crippen LogP contribution in [-0.4, -0.2) is 42.9 Å². The minimum absolute atomic E-state index is 0.0233. The number of anilines is 1. The SMILES string of the molecule is N#Cc1ccccc1N1CCN(C(=O)CCl)CC1. The molecule has 0 bridgehead atoms. The molecule has 0 saturated carbocycles.